The highest BCUT2D eigenvalue weighted by atomic mass is 19.1. The molecule has 0 aromatic heterocycles. The first-order valence-corrected chi connectivity index (χ1v) is 6.37. The summed E-state index contributed by atoms with van der Waals surface area (Å²) in [5, 5.41) is 9.59. The van der Waals surface area contributed by atoms with Crippen LogP contribution in [0.1, 0.15) is 25.8 Å². The van der Waals surface area contributed by atoms with Crippen molar-refractivity contribution in [3.05, 3.63) is 35.4 Å². The second-order valence-corrected chi connectivity index (χ2v) is 4.72. The smallest absolute Gasteiger partial charge is 0.317 e. The minimum atomic E-state index is -1.47. The van der Waals surface area contributed by atoms with E-state index in [9.17, 15) is 18.7 Å². The van der Waals surface area contributed by atoms with Crippen LogP contribution in [0.4, 0.5) is 8.78 Å². The highest BCUT2D eigenvalue weighted by Gasteiger charge is 2.42. The van der Waals surface area contributed by atoms with Crippen LogP contribution in [-0.2, 0) is 14.9 Å². The molecule has 0 fully saturated rings. The number of rotatable bonds is 6. The number of hydrogen-bond acceptors (Lipinski definition) is 4. The molecule has 1 aromatic rings. The zero-order valence-electron chi connectivity index (χ0n) is 11.5. The van der Waals surface area contributed by atoms with Crippen LogP contribution in [0.15, 0.2) is 18.2 Å². The van der Waals surface area contributed by atoms with Crippen LogP contribution in [-0.4, -0.2) is 30.3 Å². The van der Waals surface area contributed by atoms with Crippen molar-refractivity contribution < 1.29 is 23.4 Å². The van der Waals surface area contributed by atoms with Gasteiger partial charge in [0.2, 0.25) is 0 Å². The normalized spacial score (nSPS) is 15.5. The summed E-state index contributed by atoms with van der Waals surface area (Å²) in [6, 6.07) is 2.78. The number of ether oxygens (including phenoxy) is 1. The van der Waals surface area contributed by atoms with Gasteiger partial charge in [-0.2, -0.15) is 0 Å². The number of halogens is 2. The van der Waals surface area contributed by atoms with Gasteiger partial charge in [0.25, 0.3) is 0 Å². The van der Waals surface area contributed by atoms with Crippen molar-refractivity contribution >= 4 is 5.97 Å². The summed E-state index contributed by atoms with van der Waals surface area (Å²) in [5.41, 5.74) is 4.26. The zero-order chi connectivity index (χ0) is 15.3. The molecule has 3 N–H and O–H groups in total. The quantitative estimate of drug-likeness (QED) is 0.778. The predicted octanol–water partition coefficient (Wildman–Crippen LogP) is 1.50. The lowest BCUT2D eigenvalue weighted by molar-refractivity contribution is -0.151. The fourth-order valence-electron chi connectivity index (χ4n) is 2.21. The van der Waals surface area contributed by atoms with Crippen molar-refractivity contribution in [1.29, 1.82) is 0 Å². The molecule has 1 aromatic carbocycles. The third-order valence-electron chi connectivity index (χ3n) is 3.07. The second-order valence-electron chi connectivity index (χ2n) is 4.72. The van der Waals surface area contributed by atoms with Gasteiger partial charge in [0, 0.05) is 12.6 Å². The van der Waals surface area contributed by atoms with E-state index in [1.165, 1.54) is 6.92 Å². The third-order valence-corrected chi connectivity index (χ3v) is 3.07. The molecule has 112 valence electrons. The number of carbonyl (C=O) groups excluding carboxylic acids is 1. The molecular weight excluding hydrogens is 268 g/mol. The Balaban J connectivity index is 3.37. The van der Waals surface area contributed by atoms with E-state index in [-0.39, 0.29) is 25.1 Å². The molecule has 0 heterocycles. The molecule has 2 unspecified atom stereocenters. The van der Waals surface area contributed by atoms with Crippen LogP contribution in [0.5, 0.6) is 0 Å². The van der Waals surface area contributed by atoms with Gasteiger partial charge in [-0.1, -0.05) is 0 Å². The molecule has 1 rings (SSSR count). The van der Waals surface area contributed by atoms with Crippen LogP contribution >= 0.6 is 0 Å². The van der Waals surface area contributed by atoms with Gasteiger partial charge < -0.3 is 15.6 Å². The molecule has 0 saturated heterocycles. The average Bonchev–Trinajstić information content (AvgIpc) is 2.34. The van der Waals surface area contributed by atoms with Crippen molar-refractivity contribution in [2.45, 2.75) is 31.8 Å². The van der Waals surface area contributed by atoms with E-state index in [4.69, 9.17) is 10.5 Å². The molecule has 0 amide bonds. The molecule has 6 heteroatoms. The summed E-state index contributed by atoms with van der Waals surface area (Å²) in [7, 11) is 0. The van der Waals surface area contributed by atoms with Crippen LogP contribution < -0.4 is 5.73 Å². The van der Waals surface area contributed by atoms with Crippen molar-refractivity contribution in [1.82, 2.24) is 0 Å². The Bertz CT molecular complexity index is 459. The number of benzene rings is 1. The Kier molecular flexibility index (Phi) is 5.59. The van der Waals surface area contributed by atoms with Crippen molar-refractivity contribution in [3.63, 3.8) is 0 Å². The molecule has 0 aliphatic rings. The van der Waals surface area contributed by atoms with Gasteiger partial charge in [-0.15, -0.1) is 0 Å². The number of aliphatic hydroxyl groups excluding tert-OH is 1. The van der Waals surface area contributed by atoms with Crippen molar-refractivity contribution in [2.75, 3.05) is 13.2 Å². The zero-order valence-corrected chi connectivity index (χ0v) is 11.5. The Labute approximate surface area is 116 Å². The molecule has 0 aliphatic heterocycles. The first-order valence-electron chi connectivity index (χ1n) is 6.37. The molecule has 0 radical (unpaired) electrons. The molecule has 0 bridgehead atoms. The van der Waals surface area contributed by atoms with Crippen LogP contribution in [0.3, 0.4) is 0 Å². The molecule has 0 aliphatic carbocycles. The third kappa shape index (κ3) is 3.52. The largest absolute Gasteiger partial charge is 0.465 e. The van der Waals surface area contributed by atoms with E-state index < -0.39 is 29.1 Å². The average molecular weight is 287 g/mol. The number of carbonyl (C=O) groups is 1. The maximum absolute atomic E-state index is 13.4. The summed E-state index contributed by atoms with van der Waals surface area (Å²) in [4.78, 5) is 12.2. The molecule has 0 saturated carbocycles. The van der Waals surface area contributed by atoms with Gasteiger partial charge in [-0.3, -0.25) is 4.79 Å². The van der Waals surface area contributed by atoms with Gasteiger partial charge in [-0.25, -0.2) is 8.78 Å². The Morgan fingerprint density at radius 1 is 1.40 bits per heavy atom. The fraction of sp³-hybridized carbons (Fsp3) is 0.500. The molecule has 20 heavy (non-hydrogen) atoms. The Morgan fingerprint density at radius 2 is 1.95 bits per heavy atom. The van der Waals surface area contributed by atoms with E-state index in [1.54, 1.807) is 6.92 Å². The summed E-state index contributed by atoms with van der Waals surface area (Å²) in [6.07, 6.45) is -0.958. The van der Waals surface area contributed by atoms with Crippen LogP contribution in [0, 0.1) is 11.6 Å². The number of nitrogens with two attached hydrogens (primary N) is 1. The summed E-state index contributed by atoms with van der Waals surface area (Å²) in [5.74, 6) is -2.33. The first kappa shape index (κ1) is 16.5. The lowest BCUT2D eigenvalue weighted by Gasteiger charge is -2.31. The van der Waals surface area contributed by atoms with E-state index >= 15 is 0 Å². The molecule has 0 spiro atoms. The highest BCUT2D eigenvalue weighted by molar-refractivity contribution is 5.83. The summed E-state index contributed by atoms with van der Waals surface area (Å²) < 4.78 is 31.7. The van der Waals surface area contributed by atoms with Crippen molar-refractivity contribution in [2.24, 2.45) is 5.73 Å². The number of aliphatic hydroxyl groups is 1. The maximum atomic E-state index is 13.4. The van der Waals surface area contributed by atoms with Gasteiger partial charge in [0.1, 0.15) is 17.0 Å². The molecule has 4 nitrogen and oxygen atoms in total. The molecular formula is C14H19F2NO3. The first-order chi connectivity index (χ1) is 9.35. The van der Waals surface area contributed by atoms with E-state index in [0.717, 1.165) is 12.1 Å². The standard InChI is InChI=1S/C14H19F2NO3/c1-3-20-13(19)14(8-17,7-9(2)18)10-4-11(15)6-12(16)5-10/h4-6,9,18H,3,7-8,17H2,1-2H3. The molecule has 2 atom stereocenters. The lowest BCUT2D eigenvalue weighted by Crippen LogP contribution is -2.46. The predicted molar refractivity (Wildman–Crippen MR) is 70.0 cm³/mol. The highest BCUT2D eigenvalue weighted by Crippen LogP contribution is 2.31. The van der Waals surface area contributed by atoms with E-state index in [0.29, 0.717) is 6.07 Å². The number of esters is 1. The minimum absolute atomic E-state index is 0.0665. The van der Waals surface area contributed by atoms with Crippen LogP contribution in [0.2, 0.25) is 0 Å². The Hall–Kier alpha value is -1.53. The van der Waals surface area contributed by atoms with Gasteiger partial charge in [0.05, 0.1) is 12.7 Å². The van der Waals surface area contributed by atoms with E-state index in [1.807, 2.05) is 0 Å². The lowest BCUT2D eigenvalue weighted by atomic mass is 9.76. The van der Waals surface area contributed by atoms with Gasteiger partial charge in [-0.05, 0) is 38.0 Å². The summed E-state index contributed by atoms with van der Waals surface area (Å²) >= 11 is 0. The van der Waals surface area contributed by atoms with Crippen LogP contribution in [0.25, 0.3) is 0 Å². The maximum Gasteiger partial charge on any atom is 0.317 e. The van der Waals surface area contributed by atoms with Gasteiger partial charge >= 0.3 is 5.97 Å². The SMILES string of the molecule is CCOC(=O)C(CN)(CC(C)O)c1cc(F)cc(F)c1. The monoisotopic (exact) mass is 287 g/mol. The Morgan fingerprint density at radius 3 is 2.35 bits per heavy atom. The second kappa shape index (κ2) is 6.76. The summed E-state index contributed by atoms with van der Waals surface area (Å²) in [6.45, 7) is 2.98. The fourth-order valence-corrected chi connectivity index (χ4v) is 2.21. The topological polar surface area (TPSA) is 72.5 Å². The number of hydrogen-bond donors (Lipinski definition) is 2. The van der Waals surface area contributed by atoms with Crippen molar-refractivity contribution in [3.8, 4) is 0 Å². The van der Waals surface area contributed by atoms with E-state index in [2.05, 4.69) is 0 Å². The minimum Gasteiger partial charge on any atom is -0.465 e. The van der Waals surface area contributed by atoms with Gasteiger partial charge in [0.15, 0.2) is 0 Å².